The first kappa shape index (κ1) is 32.2. The largest absolute Gasteiger partial charge is 0.456 e. The SMILES string of the molecule is C1=CC(C2=CC(n3c4ccccc4c4cc(-c5ccc6c7ccccc7n(-c7ccc8oc9ccccc9c8c7)c6c5)ccc43)CC(c3ccccc3)=C2)=CCC1. The van der Waals surface area contributed by atoms with Crippen molar-refractivity contribution in [2.24, 2.45) is 0 Å². The highest BCUT2D eigenvalue weighted by atomic mass is 16.3. The van der Waals surface area contributed by atoms with Gasteiger partial charge >= 0.3 is 0 Å². The van der Waals surface area contributed by atoms with Crippen molar-refractivity contribution in [2.75, 3.05) is 0 Å². The van der Waals surface area contributed by atoms with Gasteiger partial charge in [0.25, 0.3) is 0 Å². The Morgan fingerprint density at radius 1 is 0.474 bits per heavy atom. The molecule has 3 heteroatoms. The Kier molecular flexibility index (Phi) is 7.18. The highest BCUT2D eigenvalue weighted by molar-refractivity contribution is 6.13. The Labute approximate surface area is 330 Å². The summed E-state index contributed by atoms with van der Waals surface area (Å²) in [6.45, 7) is 0. The fourth-order valence-electron chi connectivity index (χ4n) is 9.63. The van der Waals surface area contributed by atoms with E-state index in [0.29, 0.717) is 0 Å². The van der Waals surface area contributed by atoms with Gasteiger partial charge in [-0.2, -0.15) is 0 Å². The molecular formula is C54H38N2O. The second kappa shape index (κ2) is 12.7. The molecule has 0 aliphatic heterocycles. The van der Waals surface area contributed by atoms with Gasteiger partial charge in [-0.05, 0) is 107 Å². The Hall–Kier alpha value is -7.10. The Morgan fingerprint density at radius 3 is 2.04 bits per heavy atom. The van der Waals surface area contributed by atoms with Crippen LogP contribution in [0.15, 0.2) is 204 Å². The predicted octanol–water partition coefficient (Wildman–Crippen LogP) is 14.7. The molecule has 12 rings (SSSR count). The number of rotatable bonds is 5. The molecule has 0 fully saturated rings. The molecule has 270 valence electrons. The molecule has 10 aromatic rings. The average Bonchev–Trinajstić information content (AvgIpc) is 3.94. The maximum Gasteiger partial charge on any atom is 0.135 e. The third kappa shape index (κ3) is 5.12. The predicted molar refractivity (Wildman–Crippen MR) is 239 cm³/mol. The third-order valence-corrected chi connectivity index (χ3v) is 12.3. The van der Waals surface area contributed by atoms with Gasteiger partial charge in [-0.15, -0.1) is 0 Å². The fraction of sp³-hybridized carbons (Fsp3) is 0.0741. The van der Waals surface area contributed by atoms with Crippen molar-refractivity contribution in [1.29, 1.82) is 0 Å². The molecule has 57 heavy (non-hydrogen) atoms. The molecule has 1 atom stereocenters. The molecule has 1 unspecified atom stereocenters. The first-order chi connectivity index (χ1) is 28.2. The summed E-state index contributed by atoms with van der Waals surface area (Å²) in [4.78, 5) is 0. The highest BCUT2D eigenvalue weighted by Crippen LogP contribution is 2.43. The molecule has 7 aromatic carbocycles. The quantitative estimate of drug-likeness (QED) is 0.173. The molecule has 2 aliphatic rings. The molecule has 3 nitrogen and oxygen atoms in total. The molecular weight excluding hydrogens is 693 g/mol. The van der Waals surface area contributed by atoms with E-state index in [-0.39, 0.29) is 6.04 Å². The number of para-hydroxylation sites is 3. The van der Waals surface area contributed by atoms with Crippen molar-refractivity contribution in [1.82, 2.24) is 9.13 Å². The van der Waals surface area contributed by atoms with E-state index in [1.807, 2.05) is 12.1 Å². The topological polar surface area (TPSA) is 23.0 Å². The summed E-state index contributed by atoms with van der Waals surface area (Å²) in [6, 6.07) is 57.8. The molecule has 3 heterocycles. The number of aromatic nitrogens is 2. The van der Waals surface area contributed by atoms with Crippen LogP contribution in [0.25, 0.3) is 87.9 Å². The standard InChI is InChI=1S/C54H38N2O/c1-3-13-35(14-4-1)39-29-40(36-15-5-2-6-16-36)31-42(30-39)56-50-21-11-8-18-44(50)47-32-37(24-27-51(47)56)38-23-26-45-43-17-7-10-20-49(43)55(52(45)33-38)41-25-28-54-48(34-41)46-19-9-12-22-53(46)57-54/h1,3-5,7-29,31-34,42H,2,6,30H2. The monoisotopic (exact) mass is 730 g/mol. The minimum absolute atomic E-state index is 0.168. The van der Waals surface area contributed by atoms with Gasteiger partial charge in [0.05, 0.1) is 17.1 Å². The van der Waals surface area contributed by atoms with Crippen LogP contribution < -0.4 is 0 Å². The molecule has 0 bridgehead atoms. The van der Waals surface area contributed by atoms with Gasteiger partial charge in [-0.3, -0.25) is 0 Å². The second-order valence-electron chi connectivity index (χ2n) is 15.6. The Balaban J connectivity index is 1.02. The van der Waals surface area contributed by atoms with Gasteiger partial charge in [-0.25, -0.2) is 0 Å². The lowest BCUT2D eigenvalue weighted by atomic mass is 9.86. The molecule has 0 amide bonds. The number of hydrogen-bond donors (Lipinski definition) is 0. The number of furan rings is 1. The van der Waals surface area contributed by atoms with Gasteiger partial charge < -0.3 is 13.6 Å². The van der Waals surface area contributed by atoms with E-state index in [9.17, 15) is 0 Å². The number of allylic oxidation sites excluding steroid dienone is 8. The zero-order valence-electron chi connectivity index (χ0n) is 31.4. The molecule has 2 aliphatic carbocycles. The lowest BCUT2D eigenvalue weighted by Crippen LogP contribution is -2.12. The molecule has 3 aromatic heterocycles. The summed E-state index contributed by atoms with van der Waals surface area (Å²) in [6.07, 6.45) is 15.1. The van der Waals surface area contributed by atoms with E-state index in [2.05, 4.69) is 185 Å². The zero-order valence-corrected chi connectivity index (χ0v) is 31.4. The van der Waals surface area contributed by atoms with Crippen LogP contribution in [0.5, 0.6) is 0 Å². The smallest absolute Gasteiger partial charge is 0.135 e. The van der Waals surface area contributed by atoms with Crippen LogP contribution >= 0.6 is 0 Å². The minimum Gasteiger partial charge on any atom is -0.456 e. The number of fused-ring (bicyclic) bond motifs is 9. The number of hydrogen-bond acceptors (Lipinski definition) is 1. The van der Waals surface area contributed by atoms with E-state index in [1.165, 1.54) is 77.0 Å². The van der Waals surface area contributed by atoms with Gasteiger partial charge in [-0.1, -0.05) is 134 Å². The summed E-state index contributed by atoms with van der Waals surface area (Å²) >= 11 is 0. The summed E-state index contributed by atoms with van der Waals surface area (Å²) in [5.41, 5.74) is 15.6. The molecule has 0 radical (unpaired) electrons. The van der Waals surface area contributed by atoms with Crippen LogP contribution in [0, 0.1) is 0 Å². The zero-order chi connectivity index (χ0) is 37.5. The first-order valence-electron chi connectivity index (χ1n) is 20.1. The van der Waals surface area contributed by atoms with Gasteiger partial charge in [0.1, 0.15) is 11.2 Å². The van der Waals surface area contributed by atoms with E-state index in [1.54, 1.807) is 0 Å². The third-order valence-electron chi connectivity index (χ3n) is 12.3. The van der Waals surface area contributed by atoms with Crippen LogP contribution in [0.1, 0.15) is 30.9 Å². The van der Waals surface area contributed by atoms with Crippen LogP contribution in [-0.2, 0) is 0 Å². The van der Waals surface area contributed by atoms with Crippen LogP contribution in [0.3, 0.4) is 0 Å². The van der Waals surface area contributed by atoms with Crippen molar-refractivity contribution in [2.45, 2.75) is 25.3 Å². The van der Waals surface area contributed by atoms with Crippen LogP contribution in [0.4, 0.5) is 0 Å². The molecule has 0 saturated carbocycles. The van der Waals surface area contributed by atoms with Crippen LogP contribution in [-0.4, -0.2) is 9.13 Å². The van der Waals surface area contributed by atoms with Gasteiger partial charge in [0, 0.05) is 49.0 Å². The normalized spacial score (nSPS) is 15.9. The van der Waals surface area contributed by atoms with E-state index >= 15 is 0 Å². The molecule has 0 spiro atoms. The lowest BCUT2D eigenvalue weighted by Gasteiger charge is -2.26. The van der Waals surface area contributed by atoms with Crippen LogP contribution in [0.2, 0.25) is 0 Å². The summed E-state index contributed by atoms with van der Waals surface area (Å²) in [5, 5.41) is 7.33. The maximum atomic E-state index is 6.22. The highest BCUT2D eigenvalue weighted by Gasteiger charge is 2.24. The van der Waals surface area contributed by atoms with Gasteiger partial charge in [0.15, 0.2) is 0 Å². The summed E-state index contributed by atoms with van der Waals surface area (Å²) in [7, 11) is 0. The minimum atomic E-state index is 0.168. The number of nitrogens with zero attached hydrogens (tertiary/aromatic N) is 2. The Morgan fingerprint density at radius 2 is 1.18 bits per heavy atom. The van der Waals surface area contributed by atoms with E-state index in [4.69, 9.17) is 4.42 Å². The van der Waals surface area contributed by atoms with Crippen molar-refractivity contribution in [3.8, 4) is 16.8 Å². The maximum absolute atomic E-state index is 6.22. The lowest BCUT2D eigenvalue weighted by molar-refractivity contribution is 0.653. The summed E-state index contributed by atoms with van der Waals surface area (Å²) < 4.78 is 11.2. The van der Waals surface area contributed by atoms with E-state index in [0.717, 1.165) is 46.9 Å². The van der Waals surface area contributed by atoms with Gasteiger partial charge in [0.2, 0.25) is 0 Å². The molecule has 0 saturated heterocycles. The summed E-state index contributed by atoms with van der Waals surface area (Å²) in [5.74, 6) is 0. The van der Waals surface area contributed by atoms with Crippen molar-refractivity contribution >= 4 is 71.1 Å². The van der Waals surface area contributed by atoms with E-state index < -0.39 is 0 Å². The number of benzene rings is 7. The Bertz CT molecular complexity index is 3380. The second-order valence-corrected chi connectivity index (χ2v) is 15.6. The van der Waals surface area contributed by atoms with Crippen molar-refractivity contribution < 1.29 is 4.42 Å². The molecule has 0 N–H and O–H groups in total. The van der Waals surface area contributed by atoms with Crippen molar-refractivity contribution in [3.05, 3.63) is 205 Å². The van der Waals surface area contributed by atoms with Crippen molar-refractivity contribution in [3.63, 3.8) is 0 Å². The first-order valence-corrected chi connectivity index (χ1v) is 20.1. The average molecular weight is 731 g/mol. The fourth-order valence-corrected chi connectivity index (χ4v) is 9.63.